The van der Waals surface area contributed by atoms with E-state index in [0.717, 1.165) is 17.1 Å². The maximum Gasteiger partial charge on any atom is 0.0832 e. The summed E-state index contributed by atoms with van der Waals surface area (Å²) in [4.78, 5) is 4.28. The molecule has 0 aliphatic heterocycles. The molecule has 2 heterocycles. The average molecular weight is 237 g/mol. The second-order valence-corrected chi connectivity index (χ2v) is 3.95. The van der Waals surface area contributed by atoms with Crippen LogP contribution >= 0.6 is 11.6 Å². The first-order valence-electron chi connectivity index (χ1n) is 5.01. The first kappa shape index (κ1) is 11.0. The molecule has 0 radical (unpaired) electrons. The average Bonchev–Trinajstić information content (AvgIpc) is 2.58. The quantitative estimate of drug-likeness (QED) is 0.890. The number of hydrogen-bond acceptors (Lipinski definition) is 3. The van der Waals surface area contributed by atoms with Crippen LogP contribution in [0.3, 0.4) is 0 Å². The lowest BCUT2D eigenvalue weighted by molar-refractivity contribution is 0.666. The fourth-order valence-corrected chi connectivity index (χ4v) is 1.61. The number of aromatic nitrogens is 3. The second kappa shape index (κ2) is 4.53. The molecule has 0 fully saturated rings. The summed E-state index contributed by atoms with van der Waals surface area (Å²) < 4.78 is 1.79. The molecular weight excluding hydrogens is 224 g/mol. The van der Waals surface area contributed by atoms with Gasteiger partial charge in [-0.15, -0.1) is 0 Å². The molecule has 0 spiro atoms. The number of aryl methyl sites for hydroxylation is 1. The minimum atomic E-state index is 0.628. The Labute approximate surface area is 99.3 Å². The van der Waals surface area contributed by atoms with Crippen LogP contribution in [-0.4, -0.2) is 21.8 Å². The summed E-state index contributed by atoms with van der Waals surface area (Å²) in [6, 6.07) is 3.91. The van der Waals surface area contributed by atoms with Gasteiger partial charge < -0.3 is 5.32 Å². The van der Waals surface area contributed by atoms with Crippen LogP contribution in [0.5, 0.6) is 0 Å². The van der Waals surface area contributed by atoms with Gasteiger partial charge in [0.05, 0.1) is 23.0 Å². The molecule has 1 N–H and O–H groups in total. The molecule has 84 valence electrons. The van der Waals surface area contributed by atoms with Gasteiger partial charge in [0.25, 0.3) is 0 Å². The molecule has 0 aliphatic carbocycles. The van der Waals surface area contributed by atoms with Gasteiger partial charge in [0.15, 0.2) is 0 Å². The van der Waals surface area contributed by atoms with E-state index in [2.05, 4.69) is 15.4 Å². The molecular formula is C11H13ClN4. The highest BCUT2D eigenvalue weighted by atomic mass is 35.5. The van der Waals surface area contributed by atoms with Gasteiger partial charge in [0.1, 0.15) is 0 Å². The third-order valence-electron chi connectivity index (χ3n) is 2.32. The number of anilines is 1. The highest BCUT2D eigenvalue weighted by molar-refractivity contribution is 6.31. The highest BCUT2D eigenvalue weighted by Gasteiger charge is 2.03. The lowest BCUT2D eigenvalue weighted by Gasteiger charge is -2.03. The van der Waals surface area contributed by atoms with Crippen LogP contribution in [0.1, 0.15) is 11.4 Å². The van der Waals surface area contributed by atoms with Gasteiger partial charge in [-0.3, -0.25) is 9.67 Å². The summed E-state index contributed by atoms with van der Waals surface area (Å²) in [5.74, 6) is 0. The standard InChI is InChI=1S/C11H13ClN4/c1-8-11(12)7-16(15-8)6-10-5-9(13-2)3-4-14-10/h3-5,7H,6H2,1-2H3,(H,13,14). The molecule has 2 aromatic rings. The Morgan fingerprint density at radius 3 is 2.94 bits per heavy atom. The number of hydrogen-bond donors (Lipinski definition) is 1. The Hall–Kier alpha value is -1.55. The predicted octanol–water partition coefficient (Wildman–Crippen LogP) is 2.33. The molecule has 16 heavy (non-hydrogen) atoms. The summed E-state index contributed by atoms with van der Waals surface area (Å²) >= 11 is 5.94. The van der Waals surface area contributed by atoms with Crippen molar-refractivity contribution in [2.75, 3.05) is 12.4 Å². The van der Waals surface area contributed by atoms with Crippen LogP contribution in [0.2, 0.25) is 5.02 Å². The van der Waals surface area contributed by atoms with Crippen molar-refractivity contribution in [1.29, 1.82) is 0 Å². The summed E-state index contributed by atoms with van der Waals surface area (Å²) in [7, 11) is 1.88. The van der Waals surface area contributed by atoms with Crippen LogP contribution in [0.15, 0.2) is 24.5 Å². The molecule has 5 heteroatoms. The first-order chi connectivity index (χ1) is 7.69. The van der Waals surface area contributed by atoms with Crippen molar-refractivity contribution in [3.8, 4) is 0 Å². The van der Waals surface area contributed by atoms with Gasteiger partial charge in [0, 0.05) is 25.1 Å². The fraction of sp³-hybridized carbons (Fsp3) is 0.273. The van der Waals surface area contributed by atoms with E-state index in [9.17, 15) is 0 Å². The van der Waals surface area contributed by atoms with Gasteiger partial charge >= 0.3 is 0 Å². The van der Waals surface area contributed by atoms with E-state index in [0.29, 0.717) is 11.6 Å². The molecule has 0 atom stereocenters. The van der Waals surface area contributed by atoms with Crippen molar-refractivity contribution < 1.29 is 0 Å². The van der Waals surface area contributed by atoms with Crippen LogP contribution < -0.4 is 5.32 Å². The van der Waals surface area contributed by atoms with Crippen molar-refractivity contribution in [3.05, 3.63) is 40.9 Å². The van der Waals surface area contributed by atoms with Gasteiger partial charge in [-0.2, -0.15) is 5.10 Å². The van der Waals surface area contributed by atoms with E-state index in [-0.39, 0.29) is 0 Å². The lowest BCUT2D eigenvalue weighted by atomic mass is 10.3. The van der Waals surface area contributed by atoms with Crippen molar-refractivity contribution in [3.63, 3.8) is 0 Å². The van der Waals surface area contributed by atoms with Crippen molar-refractivity contribution in [2.24, 2.45) is 0 Å². The molecule has 0 aliphatic rings. The van der Waals surface area contributed by atoms with Crippen LogP contribution in [0.4, 0.5) is 5.69 Å². The van der Waals surface area contributed by atoms with E-state index in [1.807, 2.05) is 32.3 Å². The number of halogens is 1. The van der Waals surface area contributed by atoms with Crippen LogP contribution in [0.25, 0.3) is 0 Å². The topological polar surface area (TPSA) is 42.7 Å². The third kappa shape index (κ3) is 2.33. The summed E-state index contributed by atoms with van der Waals surface area (Å²) in [6.45, 7) is 2.51. The SMILES string of the molecule is CNc1ccnc(Cn2cc(Cl)c(C)n2)c1. The molecule has 4 nitrogen and oxygen atoms in total. The minimum Gasteiger partial charge on any atom is -0.388 e. The van der Waals surface area contributed by atoms with Crippen molar-refractivity contribution >= 4 is 17.3 Å². The molecule has 0 bridgehead atoms. The number of nitrogens with one attached hydrogen (secondary N) is 1. The second-order valence-electron chi connectivity index (χ2n) is 3.55. The third-order valence-corrected chi connectivity index (χ3v) is 2.69. The Balaban J connectivity index is 2.20. The molecule has 0 saturated carbocycles. The smallest absolute Gasteiger partial charge is 0.0832 e. The highest BCUT2D eigenvalue weighted by Crippen LogP contribution is 2.14. The largest absolute Gasteiger partial charge is 0.388 e. The molecule has 2 aromatic heterocycles. The monoisotopic (exact) mass is 236 g/mol. The summed E-state index contributed by atoms with van der Waals surface area (Å²) in [5, 5.41) is 8.04. The first-order valence-corrected chi connectivity index (χ1v) is 5.39. The summed E-state index contributed by atoms with van der Waals surface area (Å²) in [5.41, 5.74) is 2.83. The molecule has 0 unspecified atom stereocenters. The van der Waals surface area contributed by atoms with Gasteiger partial charge in [0.2, 0.25) is 0 Å². The van der Waals surface area contributed by atoms with E-state index in [1.165, 1.54) is 0 Å². The fourth-order valence-electron chi connectivity index (χ4n) is 1.46. The zero-order valence-electron chi connectivity index (χ0n) is 9.24. The molecule has 2 rings (SSSR count). The zero-order chi connectivity index (χ0) is 11.5. The Kier molecular flexibility index (Phi) is 3.10. The van der Waals surface area contributed by atoms with Crippen LogP contribution in [-0.2, 0) is 6.54 Å². The Bertz CT molecular complexity index is 473. The van der Waals surface area contributed by atoms with Gasteiger partial charge in [-0.1, -0.05) is 11.6 Å². The molecule has 0 amide bonds. The zero-order valence-corrected chi connectivity index (χ0v) is 9.99. The van der Waals surface area contributed by atoms with E-state index in [1.54, 1.807) is 10.9 Å². The maximum absolute atomic E-state index is 5.94. The summed E-state index contributed by atoms with van der Waals surface area (Å²) in [6.07, 6.45) is 3.59. The number of nitrogens with zero attached hydrogens (tertiary/aromatic N) is 3. The Morgan fingerprint density at radius 2 is 2.31 bits per heavy atom. The van der Waals surface area contributed by atoms with Crippen molar-refractivity contribution in [1.82, 2.24) is 14.8 Å². The minimum absolute atomic E-state index is 0.628. The van der Waals surface area contributed by atoms with Gasteiger partial charge in [-0.05, 0) is 19.1 Å². The predicted molar refractivity (Wildman–Crippen MR) is 64.9 cm³/mol. The van der Waals surface area contributed by atoms with E-state index < -0.39 is 0 Å². The Morgan fingerprint density at radius 1 is 1.50 bits per heavy atom. The maximum atomic E-state index is 5.94. The number of pyridine rings is 1. The normalized spacial score (nSPS) is 10.4. The van der Waals surface area contributed by atoms with Gasteiger partial charge in [-0.25, -0.2) is 0 Å². The number of rotatable bonds is 3. The van der Waals surface area contributed by atoms with E-state index in [4.69, 9.17) is 11.6 Å². The van der Waals surface area contributed by atoms with E-state index >= 15 is 0 Å². The molecule has 0 saturated heterocycles. The van der Waals surface area contributed by atoms with Crippen LogP contribution in [0, 0.1) is 6.92 Å². The lowest BCUT2D eigenvalue weighted by Crippen LogP contribution is -2.03. The van der Waals surface area contributed by atoms with Crippen molar-refractivity contribution in [2.45, 2.75) is 13.5 Å². The molecule has 0 aromatic carbocycles.